The Bertz CT molecular complexity index is 1000. The van der Waals surface area contributed by atoms with Gasteiger partial charge in [-0.1, -0.05) is 30.3 Å². The summed E-state index contributed by atoms with van der Waals surface area (Å²) in [6.45, 7) is 2.98. The zero-order valence-corrected chi connectivity index (χ0v) is 15.1. The number of hydrogen-bond acceptors (Lipinski definition) is 3. The molecule has 0 fully saturated rings. The molecule has 2 N–H and O–H groups in total. The van der Waals surface area contributed by atoms with Crippen molar-refractivity contribution in [3.63, 3.8) is 0 Å². The number of benzene rings is 2. The summed E-state index contributed by atoms with van der Waals surface area (Å²) in [5, 5.41) is 5.48. The number of imidazole rings is 1. The second-order valence-corrected chi connectivity index (χ2v) is 6.07. The Balaban J connectivity index is 1.56. The van der Waals surface area contributed by atoms with Gasteiger partial charge in [0.25, 0.3) is 5.91 Å². The van der Waals surface area contributed by atoms with Gasteiger partial charge in [-0.2, -0.15) is 0 Å². The molecule has 7 heteroatoms. The van der Waals surface area contributed by atoms with Crippen LogP contribution in [0.25, 0.3) is 11.0 Å². The number of rotatable bonds is 7. The van der Waals surface area contributed by atoms with Crippen molar-refractivity contribution in [2.24, 2.45) is 0 Å². The van der Waals surface area contributed by atoms with Crippen LogP contribution in [0.5, 0.6) is 0 Å². The zero-order valence-electron chi connectivity index (χ0n) is 15.1. The van der Waals surface area contributed by atoms with E-state index in [4.69, 9.17) is 0 Å². The average Bonchev–Trinajstić information content (AvgIpc) is 2.97. The zero-order chi connectivity index (χ0) is 19.2. The number of fused-ring (bicyclic) bond motifs is 1. The lowest BCUT2D eigenvalue weighted by molar-refractivity contribution is -0.121. The molecule has 0 aliphatic carbocycles. The molecule has 0 radical (unpaired) electrons. The second kappa shape index (κ2) is 8.35. The predicted molar refractivity (Wildman–Crippen MR) is 104 cm³/mol. The highest BCUT2D eigenvalue weighted by Crippen LogP contribution is 2.12. The molecule has 1 heterocycles. The number of aromatic nitrogens is 2. The van der Waals surface area contributed by atoms with Gasteiger partial charge in [0.05, 0.1) is 11.0 Å². The van der Waals surface area contributed by atoms with Crippen molar-refractivity contribution < 1.29 is 9.59 Å². The van der Waals surface area contributed by atoms with E-state index in [-0.39, 0.29) is 24.0 Å². The SMILES string of the molecule is CCn1c(=O)n(CC(=O)NCCNC(=O)c2ccccc2)c2ccccc21. The van der Waals surface area contributed by atoms with E-state index in [0.29, 0.717) is 25.2 Å². The topological polar surface area (TPSA) is 85.1 Å². The molecule has 27 heavy (non-hydrogen) atoms. The van der Waals surface area contributed by atoms with E-state index in [2.05, 4.69) is 10.6 Å². The Hall–Kier alpha value is -3.35. The van der Waals surface area contributed by atoms with Crippen LogP contribution in [0.2, 0.25) is 0 Å². The van der Waals surface area contributed by atoms with Crippen LogP contribution >= 0.6 is 0 Å². The number of aryl methyl sites for hydroxylation is 1. The summed E-state index contributed by atoms with van der Waals surface area (Å²) in [6, 6.07) is 16.3. The number of carbonyl (C=O) groups excluding carboxylic acids is 2. The Morgan fingerprint density at radius 1 is 0.852 bits per heavy atom. The van der Waals surface area contributed by atoms with Gasteiger partial charge in [0.1, 0.15) is 6.54 Å². The van der Waals surface area contributed by atoms with Crippen molar-refractivity contribution in [3.8, 4) is 0 Å². The molecule has 2 aromatic carbocycles. The summed E-state index contributed by atoms with van der Waals surface area (Å²) in [5.41, 5.74) is 1.92. The van der Waals surface area contributed by atoms with Crippen LogP contribution in [0.1, 0.15) is 17.3 Å². The normalized spacial score (nSPS) is 10.7. The van der Waals surface area contributed by atoms with Crippen LogP contribution in [-0.4, -0.2) is 34.0 Å². The molecule has 3 aromatic rings. The van der Waals surface area contributed by atoms with Crippen molar-refractivity contribution in [1.82, 2.24) is 19.8 Å². The fourth-order valence-electron chi connectivity index (χ4n) is 3.00. The van der Waals surface area contributed by atoms with Crippen molar-refractivity contribution in [2.45, 2.75) is 20.0 Å². The summed E-state index contributed by atoms with van der Waals surface area (Å²) >= 11 is 0. The molecule has 140 valence electrons. The summed E-state index contributed by atoms with van der Waals surface area (Å²) in [5.74, 6) is -0.461. The first kappa shape index (κ1) is 18.4. The van der Waals surface area contributed by atoms with Crippen LogP contribution in [0.3, 0.4) is 0 Å². The van der Waals surface area contributed by atoms with Gasteiger partial charge in [-0.25, -0.2) is 4.79 Å². The smallest absolute Gasteiger partial charge is 0.329 e. The lowest BCUT2D eigenvalue weighted by Crippen LogP contribution is -2.37. The van der Waals surface area contributed by atoms with Crippen molar-refractivity contribution in [3.05, 3.63) is 70.6 Å². The Labute approximate surface area is 156 Å². The molecule has 7 nitrogen and oxygen atoms in total. The summed E-state index contributed by atoms with van der Waals surface area (Å²) in [7, 11) is 0. The lowest BCUT2D eigenvalue weighted by Gasteiger charge is -2.08. The van der Waals surface area contributed by atoms with Gasteiger partial charge in [0.15, 0.2) is 0 Å². The molecule has 2 amide bonds. The Kier molecular flexibility index (Phi) is 5.71. The van der Waals surface area contributed by atoms with E-state index < -0.39 is 0 Å². The third-order valence-corrected chi connectivity index (χ3v) is 4.31. The molecule has 0 aliphatic rings. The summed E-state index contributed by atoms with van der Waals surface area (Å²) in [6.07, 6.45) is 0. The number of hydrogen-bond donors (Lipinski definition) is 2. The van der Waals surface area contributed by atoms with Gasteiger partial charge in [-0.3, -0.25) is 18.7 Å². The largest absolute Gasteiger partial charge is 0.353 e. The van der Waals surface area contributed by atoms with Gasteiger partial charge in [-0.15, -0.1) is 0 Å². The monoisotopic (exact) mass is 366 g/mol. The van der Waals surface area contributed by atoms with Gasteiger partial charge in [0, 0.05) is 25.2 Å². The van der Waals surface area contributed by atoms with Gasteiger partial charge < -0.3 is 10.6 Å². The van der Waals surface area contributed by atoms with E-state index in [1.165, 1.54) is 4.57 Å². The molecular formula is C20H22N4O3. The minimum atomic E-state index is -0.273. The van der Waals surface area contributed by atoms with Crippen LogP contribution in [0.4, 0.5) is 0 Å². The average molecular weight is 366 g/mol. The highest BCUT2D eigenvalue weighted by atomic mass is 16.2. The first-order chi connectivity index (χ1) is 13.1. The molecule has 0 unspecified atom stereocenters. The molecular weight excluding hydrogens is 344 g/mol. The quantitative estimate of drug-likeness (QED) is 0.620. The van der Waals surface area contributed by atoms with Crippen LogP contribution < -0.4 is 16.3 Å². The number of carbonyl (C=O) groups is 2. The molecule has 0 bridgehead atoms. The standard InChI is InChI=1S/C20H22N4O3/c1-2-23-16-10-6-7-11-17(16)24(20(23)27)14-18(25)21-12-13-22-19(26)15-8-4-3-5-9-15/h3-11H,2,12-14H2,1H3,(H,21,25)(H,22,26). The molecule has 0 spiro atoms. The van der Waals surface area contributed by atoms with Crippen LogP contribution in [-0.2, 0) is 17.9 Å². The third-order valence-electron chi connectivity index (χ3n) is 4.31. The Morgan fingerprint density at radius 2 is 1.44 bits per heavy atom. The van der Waals surface area contributed by atoms with E-state index in [9.17, 15) is 14.4 Å². The summed E-state index contributed by atoms with van der Waals surface area (Å²) < 4.78 is 3.11. The predicted octanol–water partition coefficient (Wildman–Crippen LogP) is 1.37. The van der Waals surface area contributed by atoms with Crippen molar-refractivity contribution in [1.29, 1.82) is 0 Å². The van der Waals surface area contributed by atoms with Crippen LogP contribution in [0.15, 0.2) is 59.4 Å². The van der Waals surface area contributed by atoms with E-state index in [1.54, 1.807) is 28.8 Å². The second-order valence-electron chi connectivity index (χ2n) is 6.07. The lowest BCUT2D eigenvalue weighted by atomic mass is 10.2. The van der Waals surface area contributed by atoms with Gasteiger partial charge in [0.2, 0.25) is 5.91 Å². The summed E-state index contributed by atoms with van der Waals surface area (Å²) in [4.78, 5) is 36.7. The molecule has 0 aliphatic heterocycles. The van der Waals surface area contributed by atoms with Crippen molar-refractivity contribution >= 4 is 22.8 Å². The molecule has 0 saturated carbocycles. The maximum absolute atomic E-state index is 12.5. The first-order valence-corrected chi connectivity index (χ1v) is 8.90. The number of nitrogens with one attached hydrogen (secondary N) is 2. The van der Waals surface area contributed by atoms with E-state index in [0.717, 1.165) is 11.0 Å². The van der Waals surface area contributed by atoms with Crippen LogP contribution in [0, 0.1) is 0 Å². The van der Waals surface area contributed by atoms with Gasteiger partial charge >= 0.3 is 5.69 Å². The molecule has 0 saturated heterocycles. The van der Waals surface area contributed by atoms with Gasteiger partial charge in [-0.05, 0) is 31.2 Å². The minimum absolute atomic E-state index is 0.0566. The van der Waals surface area contributed by atoms with E-state index >= 15 is 0 Å². The maximum Gasteiger partial charge on any atom is 0.329 e. The minimum Gasteiger partial charge on any atom is -0.353 e. The third kappa shape index (κ3) is 4.08. The highest BCUT2D eigenvalue weighted by molar-refractivity contribution is 5.94. The highest BCUT2D eigenvalue weighted by Gasteiger charge is 2.14. The number of para-hydroxylation sites is 2. The molecule has 3 rings (SSSR count). The molecule has 0 atom stereocenters. The number of nitrogens with zero attached hydrogens (tertiary/aromatic N) is 2. The fourth-order valence-corrected chi connectivity index (χ4v) is 3.00. The van der Waals surface area contributed by atoms with Crippen molar-refractivity contribution in [2.75, 3.05) is 13.1 Å². The van der Waals surface area contributed by atoms with E-state index in [1.807, 2.05) is 37.3 Å². The molecule has 1 aromatic heterocycles. The fraction of sp³-hybridized carbons (Fsp3) is 0.250. The Morgan fingerprint density at radius 3 is 2.11 bits per heavy atom. The number of amides is 2. The maximum atomic E-state index is 12.5. The first-order valence-electron chi connectivity index (χ1n) is 8.90.